The third kappa shape index (κ3) is 16.5. The average Bonchev–Trinajstić information content (AvgIpc) is 3.95. The van der Waals surface area contributed by atoms with Crippen LogP contribution in [0.4, 0.5) is 9.59 Å². The molecule has 0 radical (unpaired) electrons. The first-order valence-electron chi connectivity index (χ1n) is 26.3. The van der Waals surface area contributed by atoms with Crippen LogP contribution in [0.3, 0.4) is 0 Å². The van der Waals surface area contributed by atoms with Crippen molar-refractivity contribution in [3.05, 3.63) is 84.0 Å². The fourth-order valence-electron chi connectivity index (χ4n) is 10.8. The fourth-order valence-corrected chi connectivity index (χ4v) is 13.0. The van der Waals surface area contributed by atoms with Gasteiger partial charge in [0.15, 0.2) is 11.6 Å². The largest absolute Gasteiger partial charge is 0.497 e. The van der Waals surface area contributed by atoms with Crippen molar-refractivity contribution in [1.82, 2.24) is 9.80 Å². The lowest BCUT2D eigenvalue weighted by Crippen LogP contribution is -2.60. The molecule has 4 bridgehead atoms. The van der Waals surface area contributed by atoms with Gasteiger partial charge in [-0.3, -0.25) is 19.2 Å². The van der Waals surface area contributed by atoms with Gasteiger partial charge in [-0.25, -0.2) is 0 Å². The molecule has 0 aliphatic carbocycles. The monoisotopic (exact) mass is 1050 g/mol. The van der Waals surface area contributed by atoms with Crippen molar-refractivity contribution in [1.29, 1.82) is 0 Å². The number of allylic oxidation sites excluding steroid dienone is 4. The van der Waals surface area contributed by atoms with Crippen LogP contribution in [0.2, 0.25) is 0 Å². The number of nitrogens with zero attached hydrogens (tertiary/aromatic N) is 2. The summed E-state index contributed by atoms with van der Waals surface area (Å²) in [6.07, 6.45) is 25.0. The van der Waals surface area contributed by atoms with Gasteiger partial charge in [-0.1, -0.05) is 92.4 Å². The van der Waals surface area contributed by atoms with E-state index in [0.717, 1.165) is 113 Å². The molecule has 2 aromatic carbocycles. The molecule has 0 saturated carbocycles. The van der Waals surface area contributed by atoms with E-state index in [0.29, 0.717) is 63.1 Å². The van der Waals surface area contributed by atoms with Crippen molar-refractivity contribution in [2.75, 3.05) is 39.9 Å². The van der Waals surface area contributed by atoms with Crippen LogP contribution in [-0.2, 0) is 51.1 Å². The van der Waals surface area contributed by atoms with Crippen LogP contribution in [0.25, 0.3) is 0 Å². The van der Waals surface area contributed by atoms with Crippen LogP contribution in [-0.4, -0.2) is 120 Å². The van der Waals surface area contributed by atoms with Gasteiger partial charge in [0.05, 0.1) is 38.5 Å². The molecule has 16 heteroatoms. The van der Waals surface area contributed by atoms with E-state index in [1.165, 1.54) is 23.5 Å². The molecule has 2 amide bonds. The predicted octanol–water partition coefficient (Wildman–Crippen LogP) is 12.3. The fraction of sp³-hybridized carbons (Fsp3) is 0.649. The first-order chi connectivity index (χ1) is 35.1. The zero-order valence-electron chi connectivity index (χ0n) is 43.0. The first kappa shape index (κ1) is 58.2. The van der Waals surface area contributed by atoms with Crippen LogP contribution < -0.4 is 9.47 Å². The van der Waals surface area contributed by atoms with Crippen molar-refractivity contribution >= 4 is 45.9 Å². The Balaban J connectivity index is 0.000000235. The number of amides is 2. The van der Waals surface area contributed by atoms with Crippen molar-refractivity contribution in [3.63, 3.8) is 0 Å². The Kier molecular flexibility index (Phi) is 23.4. The topological polar surface area (TPSA) is 149 Å². The highest BCUT2D eigenvalue weighted by Crippen LogP contribution is 2.45. The van der Waals surface area contributed by atoms with Gasteiger partial charge in [-0.2, -0.15) is 0 Å². The Bertz CT molecular complexity index is 1960. The Morgan fingerprint density at radius 2 is 0.904 bits per heavy atom. The van der Waals surface area contributed by atoms with Gasteiger partial charge in [0.1, 0.15) is 23.7 Å². The van der Waals surface area contributed by atoms with Gasteiger partial charge in [0, 0.05) is 77.3 Å². The maximum absolute atomic E-state index is 13.0. The summed E-state index contributed by atoms with van der Waals surface area (Å²) in [5.74, 6) is 0.342. The maximum Gasteiger partial charge on any atom is 0.306 e. The molecule has 0 N–H and O–H groups in total. The normalized spacial score (nSPS) is 30.8. The second-order valence-corrected chi connectivity index (χ2v) is 21.7. The highest BCUT2D eigenvalue weighted by Gasteiger charge is 2.56. The van der Waals surface area contributed by atoms with Gasteiger partial charge in [0.25, 0.3) is 10.5 Å². The number of ether oxygens (including phenoxy) is 8. The van der Waals surface area contributed by atoms with E-state index in [1.807, 2.05) is 58.3 Å². The molecule has 2 aromatic rings. The summed E-state index contributed by atoms with van der Waals surface area (Å²) in [4.78, 5) is 55.0. The van der Waals surface area contributed by atoms with E-state index in [9.17, 15) is 19.2 Å². The molecule has 6 aliphatic rings. The third-order valence-corrected chi connectivity index (χ3v) is 16.6. The SMILES string of the molecule is C.COc1ccc(CN2C(=O)SC[C@H]2[C@@]2(OC)CC3C[C@@H](CCC/C=C/CCCCCC(=O)O3)O2)cc1.COc1ccc(CN2C(=O)SC[C@H]2[C@@]2(OC)CC3C[C@@H](CCC/C=C\CCCCCC(=O)O3)O2)cc1. The summed E-state index contributed by atoms with van der Waals surface area (Å²) in [7, 11) is 6.56. The zero-order chi connectivity index (χ0) is 50.8. The van der Waals surface area contributed by atoms with Gasteiger partial charge in [-0.15, -0.1) is 0 Å². The minimum absolute atomic E-state index is 0. The lowest BCUT2D eigenvalue weighted by molar-refractivity contribution is -0.306. The standard InChI is InChI=1S/2C28H39NO6S.CH4/c2*1-32-22-15-13-21(14-16-22)19-29-25(20-36-27(29)31)28(33-2)18-24-17-23(35-28)11-9-7-5-3-4-6-8-10-12-26(30)34-24;/h2*3,5,13-16,23-25H,4,6-12,17-20H2,1-2H3;1H4/b5-3+;5-3-;/t2*23-,24?,25+,28-;/m11./s1. The Hall–Kier alpha value is -4.06. The minimum atomic E-state index is -1.02. The number of thioether (sulfide) groups is 2. The number of benzene rings is 2. The summed E-state index contributed by atoms with van der Waals surface area (Å²) < 4.78 is 48.1. The number of carbonyl (C=O) groups excluding carboxylic acids is 4. The van der Waals surface area contributed by atoms with Crippen LogP contribution in [0, 0.1) is 0 Å². The molecule has 73 heavy (non-hydrogen) atoms. The predicted molar refractivity (Wildman–Crippen MR) is 287 cm³/mol. The molecule has 6 heterocycles. The van der Waals surface area contributed by atoms with Crippen molar-refractivity contribution in [3.8, 4) is 11.5 Å². The second-order valence-electron chi connectivity index (χ2n) is 19.8. The maximum atomic E-state index is 13.0. The number of rotatable bonds is 10. The van der Waals surface area contributed by atoms with Crippen molar-refractivity contribution in [2.45, 2.75) is 197 Å². The second kappa shape index (κ2) is 29.3. The Morgan fingerprint density at radius 1 is 0.521 bits per heavy atom. The molecule has 6 aliphatic heterocycles. The smallest absolute Gasteiger partial charge is 0.306 e. The van der Waals surface area contributed by atoms with Gasteiger partial charge in [-0.05, 0) is 112 Å². The number of methoxy groups -OCH3 is 4. The molecule has 8 atom stereocenters. The number of esters is 2. The summed E-state index contributed by atoms with van der Waals surface area (Å²) >= 11 is 2.58. The average molecular weight is 1050 g/mol. The number of hydrogen-bond donors (Lipinski definition) is 0. The van der Waals surface area contributed by atoms with E-state index in [4.69, 9.17) is 37.9 Å². The van der Waals surface area contributed by atoms with E-state index in [-0.39, 0.29) is 66.3 Å². The summed E-state index contributed by atoms with van der Waals surface area (Å²) in [6, 6.07) is 14.9. The highest BCUT2D eigenvalue weighted by molar-refractivity contribution is 8.14. The molecule has 4 fully saturated rings. The Labute approximate surface area is 443 Å². The van der Waals surface area contributed by atoms with Crippen LogP contribution in [0.5, 0.6) is 11.5 Å². The molecule has 8 rings (SSSR count). The van der Waals surface area contributed by atoms with Gasteiger partial charge < -0.3 is 47.7 Å². The lowest BCUT2D eigenvalue weighted by Gasteiger charge is -2.48. The molecule has 2 unspecified atom stereocenters. The van der Waals surface area contributed by atoms with E-state index >= 15 is 0 Å². The van der Waals surface area contributed by atoms with Gasteiger partial charge in [0.2, 0.25) is 0 Å². The van der Waals surface area contributed by atoms with E-state index in [1.54, 1.807) is 28.4 Å². The minimum Gasteiger partial charge on any atom is -0.497 e. The molecule has 14 nitrogen and oxygen atoms in total. The van der Waals surface area contributed by atoms with Crippen LogP contribution in [0.1, 0.15) is 147 Å². The lowest BCUT2D eigenvalue weighted by atomic mass is 9.90. The van der Waals surface area contributed by atoms with Crippen molar-refractivity contribution < 1.29 is 57.1 Å². The number of fused-ring (bicyclic) bond motifs is 4. The van der Waals surface area contributed by atoms with E-state index < -0.39 is 11.6 Å². The van der Waals surface area contributed by atoms with E-state index in [2.05, 4.69) is 24.3 Å². The molecule has 0 spiro atoms. The quantitative estimate of drug-likeness (QED) is 0.164. The number of carbonyl (C=O) groups is 4. The first-order valence-corrected chi connectivity index (χ1v) is 28.3. The summed E-state index contributed by atoms with van der Waals surface area (Å²) in [5.41, 5.74) is 2.02. The zero-order valence-corrected chi connectivity index (χ0v) is 44.6. The molecule has 404 valence electrons. The summed E-state index contributed by atoms with van der Waals surface area (Å²) in [6.45, 7) is 0.907. The molecule has 0 aromatic heterocycles. The van der Waals surface area contributed by atoms with Gasteiger partial charge >= 0.3 is 11.9 Å². The highest BCUT2D eigenvalue weighted by atomic mass is 32.2. The van der Waals surface area contributed by atoms with Crippen LogP contribution >= 0.6 is 23.5 Å². The number of hydrogen-bond acceptors (Lipinski definition) is 14. The van der Waals surface area contributed by atoms with Crippen molar-refractivity contribution in [2.24, 2.45) is 0 Å². The molecular formula is C57H82N2O12S2. The molecular weight excluding hydrogens is 969 g/mol. The summed E-state index contributed by atoms with van der Waals surface area (Å²) in [5, 5.41) is 0.0186. The Morgan fingerprint density at radius 3 is 1.27 bits per heavy atom. The third-order valence-electron chi connectivity index (χ3n) is 14.7. The van der Waals surface area contributed by atoms with Crippen LogP contribution in [0.15, 0.2) is 72.8 Å². The molecule has 4 saturated heterocycles.